The lowest BCUT2D eigenvalue weighted by Crippen LogP contribution is -2.34. The number of esters is 1. The Morgan fingerprint density at radius 2 is 1.13 bits per heavy atom. The Morgan fingerprint density at radius 1 is 0.667 bits per heavy atom. The molecule has 5 N–H and O–H groups in total. The van der Waals surface area contributed by atoms with Crippen LogP contribution < -0.4 is 11.5 Å². The molecular weight excluding hydrogens is 496 g/mol. The number of carbonyl (C=O) groups is 4. The number of hydrogen-bond donors (Lipinski definition) is 3. The highest BCUT2D eigenvalue weighted by Crippen LogP contribution is 2.18. The van der Waals surface area contributed by atoms with Crippen LogP contribution in [0.3, 0.4) is 0 Å². The van der Waals surface area contributed by atoms with Crippen molar-refractivity contribution in [3.05, 3.63) is 107 Å². The Morgan fingerprint density at radius 3 is 1.64 bits per heavy atom. The summed E-state index contributed by atoms with van der Waals surface area (Å²) in [6.07, 6.45) is 1.70. The molecule has 3 aromatic rings. The molecule has 8 nitrogen and oxygen atoms in total. The number of nitrogens with two attached hydrogens (primary N) is 2. The third-order valence-electron chi connectivity index (χ3n) is 6.42. The van der Waals surface area contributed by atoms with Gasteiger partial charge in [0.15, 0.2) is 11.6 Å². The van der Waals surface area contributed by atoms with Gasteiger partial charge in [-0.05, 0) is 42.4 Å². The second-order valence-corrected chi connectivity index (χ2v) is 9.42. The Balaban J connectivity index is 1.50. The fourth-order valence-corrected chi connectivity index (χ4v) is 4.26. The number of carboxylic acid groups (broad SMARTS) is 1. The summed E-state index contributed by atoms with van der Waals surface area (Å²) in [5, 5.41) is 9.08. The summed E-state index contributed by atoms with van der Waals surface area (Å²) in [6.45, 7) is 0.128. The van der Waals surface area contributed by atoms with Gasteiger partial charge >= 0.3 is 11.9 Å². The molecule has 2 atom stereocenters. The highest BCUT2D eigenvalue weighted by Gasteiger charge is 2.20. The minimum Gasteiger partial charge on any atom is -0.480 e. The van der Waals surface area contributed by atoms with Crippen molar-refractivity contribution in [2.75, 3.05) is 0 Å². The van der Waals surface area contributed by atoms with Crippen molar-refractivity contribution in [3.63, 3.8) is 0 Å². The second-order valence-electron chi connectivity index (χ2n) is 9.42. The maximum Gasteiger partial charge on any atom is 0.323 e. The minimum absolute atomic E-state index is 0.0639. The van der Waals surface area contributed by atoms with Crippen molar-refractivity contribution in [1.82, 2.24) is 0 Å². The fourth-order valence-electron chi connectivity index (χ4n) is 4.26. The van der Waals surface area contributed by atoms with Gasteiger partial charge in [-0.15, -0.1) is 0 Å². The molecule has 0 aromatic heterocycles. The largest absolute Gasteiger partial charge is 0.480 e. The van der Waals surface area contributed by atoms with Gasteiger partial charge in [-0.25, -0.2) is 0 Å². The lowest BCUT2D eigenvalue weighted by Gasteiger charge is -2.14. The first kappa shape index (κ1) is 29.4. The molecule has 0 saturated heterocycles. The summed E-state index contributed by atoms with van der Waals surface area (Å²) in [7, 11) is 0. The van der Waals surface area contributed by atoms with E-state index in [1.165, 1.54) is 0 Å². The molecule has 0 saturated carbocycles. The minimum atomic E-state index is -1.12. The van der Waals surface area contributed by atoms with E-state index in [1.54, 1.807) is 48.5 Å². The number of aliphatic carboxylic acids is 1. The molecule has 0 spiro atoms. The summed E-state index contributed by atoms with van der Waals surface area (Å²) in [4.78, 5) is 49.3. The zero-order chi connectivity index (χ0) is 28.2. The van der Waals surface area contributed by atoms with Gasteiger partial charge < -0.3 is 21.3 Å². The Bertz CT molecular complexity index is 1290. The second kappa shape index (κ2) is 14.7. The van der Waals surface area contributed by atoms with E-state index in [2.05, 4.69) is 0 Å². The molecule has 3 aromatic carbocycles. The number of Topliss-reactive ketones (excluding diaryl/α,β-unsaturated/α-hetero) is 2. The SMILES string of the molecule is NC(Cc1ccccc1C(=O)CCCCC(=O)c1ccccc1CC(N)C(=O)OCc1ccccc1)C(=O)O. The molecule has 0 bridgehead atoms. The molecule has 0 aliphatic rings. The van der Waals surface area contributed by atoms with E-state index in [9.17, 15) is 19.2 Å². The van der Waals surface area contributed by atoms with Crippen LogP contribution in [0.15, 0.2) is 78.9 Å². The zero-order valence-electron chi connectivity index (χ0n) is 21.8. The van der Waals surface area contributed by atoms with Crippen molar-refractivity contribution in [1.29, 1.82) is 0 Å². The van der Waals surface area contributed by atoms with Crippen molar-refractivity contribution in [3.8, 4) is 0 Å². The first-order valence-electron chi connectivity index (χ1n) is 12.9. The number of hydrogen-bond acceptors (Lipinski definition) is 7. The monoisotopic (exact) mass is 530 g/mol. The van der Waals surface area contributed by atoms with E-state index < -0.39 is 24.0 Å². The topological polar surface area (TPSA) is 150 Å². The van der Waals surface area contributed by atoms with Gasteiger partial charge in [-0.2, -0.15) is 0 Å². The van der Waals surface area contributed by atoms with Crippen LogP contribution in [0.5, 0.6) is 0 Å². The Kier molecular flexibility index (Phi) is 11.1. The van der Waals surface area contributed by atoms with Gasteiger partial charge in [0.2, 0.25) is 0 Å². The van der Waals surface area contributed by atoms with Crippen molar-refractivity contribution in [2.45, 2.75) is 57.2 Å². The van der Waals surface area contributed by atoms with E-state index in [-0.39, 0.29) is 43.9 Å². The van der Waals surface area contributed by atoms with Crippen LogP contribution >= 0.6 is 0 Å². The number of rotatable bonds is 15. The van der Waals surface area contributed by atoms with E-state index >= 15 is 0 Å². The molecule has 8 heteroatoms. The van der Waals surface area contributed by atoms with E-state index in [4.69, 9.17) is 21.3 Å². The van der Waals surface area contributed by atoms with Gasteiger partial charge in [-0.3, -0.25) is 19.2 Å². The van der Waals surface area contributed by atoms with Gasteiger partial charge in [0.05, 0.1) is 0 Å². The molecule has 39 heavy (non-hydrogen) atoms. The summed E-state index contributed by atoms with van der Waals surface area (Å²) >= 11 is 0. The molecule has 0 aliphatic heterocycles. The number of carboxylic acids is 1. The quantitative estimate of drug-likeness (QED) is 0.152. The molecular formula is C31H34N2O6. The van der Waals surface area contributed by atoms with Crippen LogP contribution in [0.4, 0.5) is 0 Å². The molecule has 204 valence electrons. The van der Waals surface area contributed by atoms with Crippen LogP contribution in [0.25, 0.3) is 0 Å². The summed E-state index contributed by atoms with van der Waals surface area (Å²) in [5.41, 5.74) is 14.8. The maximum absolute atomic E-state index is 13.0. The van der Waals surface area contributed by atoms with Crippen LogP contribution in [-0.2, 0) is 33.8 Å². The van der Waals surface area contributed by atoms with E-state index in [1.807, 2.05) is 30.3 Å². The lowest BCUT2D eigenvalue weighted by atomic mass is 9.93. The first-order chi connectivity index (χ1) is 18.8. The highest BCUT2D eigenvalue weighted by atomic mass is 16.5. The Hall–Kier alpha value is -4.14. The van der Waals surface area contributed by atoms with Crippen molar-refractivity contribution >= 4 is 23.5 Å². The van der Waals surface area contributed by atoms with Gasteiger partial charge in [0, 0.05) is 24.0 Å². The fraction of sp³-hybridized carbons (Fsp3) is 0.290. The van der Waals surface area contributed by atoms with Crippen LogP contribution in [0, 0.1) is 0 Å². The van der Waals surface area contributed by atoms with E-state index in [0.29, 0.717) is 35.1 Å². The zero-order valence-corrected chi connectivity index (χ0v) is 21.8. The maximum atomic E-state index is 13.0. The lowest BCUT2D eigenvalue weighted by molar-refractivity contribution is -0.146. The summed E-state index contributed by atoms with van der Waals surface area (Å²) in [5.74, 6) is -1.86. The molecule has 3 rings (SSSR count). The first-order valence-corrected chi connectivity index (χ1v) is 12.9. The molecule has 0 amide bonds. The van der Waals surface area contributed by atoms with Crippen molar-refractivity contribution < 1.29 is 29.0 Å². The summed E-state index contributed by atoms with van der Waals surface area (Å²) < 4.78 is 5.33. The average molecular weight is 531 g/mol. The molecule has 2 unspecified atom stereocenters. The smallest absolute Gasteiger partial charge is 0.323 e. The standard InChI is InChI=1S/C31H34N2O6/c32-26(30(36)37)18-22-12-4-6-14-24(22)28(34)16-8-9-17-29(35)25-15-7-5-13-23(25)19-27(33)31(38)39-20-21-10-2-1-3-11-21/h1-7,10-15,26-27H,8-9,16-20,32-33H2,(H,36,37). The number of carbonyl (C=O) groups excluding carboxylic acids is 3. The average Bonchev–Trinajstić information content (AvgIpc) is 2.94. The highest BCUT2D eigenvalue weighted by molar-refractivity contribution is 5.98. The normalized spacial score (nSPS) is 12.4. The summed E-state index contributed by atoms with van der Waals surface area (Å²) in [6, 6.07) is 21.2. The third kappa shape index (κ3) is 8.98. The van der Waals surface area contributed by atoms with Crippen molar-refractivity contribution in [2.24, 2.45) is 11.5 Å². The number of benzene rings is 3. The number of ether oxygens (including phenoxy) is 1. The van der Waals surface area contributed by atoms with Crippen LogP contribution in [-0.4, -0.2) is 40.7 Å². The molecule has 0 heterocycles. The van der Waals surface area contributed by atoms with Gasteiger partial charge in [0.25, 0.3) is 0 Å². The number of unbranched alkanes of at least 4 members (excludes halogenated alkanes) is 1. The molecule has 0 fully saturated rings. The third-order valence-corrected chi connectivity index (χ3v) is 6.42. The van der Waals surface area contributed by atoms with Crippen LogP contribution in [0.2, 0.25) is 0 Å². The van der Waals surface area contributed by atoms with E-state index in [0.717, 1.165) is 5.56 Å². The predicted octanol–water partition coefficient (Wildman–Crippen LogP) is 3.88. The number of ketones is 2. The van der Waals surface area contributed by atoms with Gasteiger partial charge in [-0.1, -0.05) is 78.9 Å². The Labute approximate surface area is 228 Å². The predicted molar refractivity (Wildman–Crippen MR) is 147 cm³/mol. The van der Waals surface area contributed by atoms with Crippen LogP contribution in [0.1, 0.15) is 63.1 Å². The molecule has 0 aliphatic carbocycles. The van der Waals surface area contributed by atoms with Gasteiger partial charge in [0.1, 0.15) is 18.7 Å². The molecule has 0 radical (unpaired) electrons.